The summed E-state index contributed by atoms with van der Waals surface area (Å²) in [5.74, 6) is 0.494. The second-order valence-electron chi connectivity index (χ2n) is 6.97. The lowest BCUT2D eigenvalue weighted by Gasteiger charge is -2.12. The van der Waals surface area contributed by atoms with E-state index >= 15 is 0 Å². The van der Waals surface area contributed by atoms with Crippen LogP contribution in [0.3, 0.4) is 0 Å². The van der Waals surface area contributed by atoms with E-state index in [1.165, 1.54) is 16.7 Å². The Hall–Kier alpha value is -3.20. The third-order valence-corrected chi connectivity index (χ3v) is 4.96. The van der Waals surface area contributed by atoms with Gasteiger partial charge in [-0.25, -0.2) is 0 Å². The van der Waals surface area contributed by atoms with Crippen molar-refractivity contribution >= 4 is 18.4 Å². The summed E-state index contributed by atoms with van der Waals surface area (Å²) in [7, 11) is 0. The SMILES string of the molecule is Cc1cc(C=O)c(OCCCF)cc1/C=C/c1cccc(-c2ccccc2)c1C. The van der Waals surface area contributed by atoms with E-state index in [0.717, 1.165) is 23.0 Å². The van der Waals surface area contributed by atoms with Crippen molar-refractivity contribution in [1.29, 1.82) is 0 Å². The van der Waals surface area contributed by atoms with Gasteiger partial charge in [-0.1, -0.05) is 60.7 Å². The molecule has 2 nitrogen and oxygen atoms in total. The minimum Gasteiger partial charge on any atom is -0.493 e. The van der Waals surface area contributed by atoms with Gasteiger partial charge in [-0.2, -0.15) is 0 Å². The smallest absolute Gasteiger partial charge is 0.153 e. The third kappa shape index (κ3) is 5.00. The molecule has 29 heavy (non-hydrogen) atoms. The number of ether oxygens (including phenoxy) is 1. The maximum Gasteiger partial charge on any atom is 0.153 e. The number of alkyl halides is 1. The summed E-state index contributed by atoms with van der Waals surface area (Å²) in [6.45, 7) is 3.90. The van der Waals surface area contributed by atoms with Gasteiger partial charge in [0.25, 0.3) is 0 Å². The third-order valence-electron chi connectivity index (χ3n) is 4.96. The van der Waals surface area contributed by atoms with E-state index in [0.29, 0.717) is 17.7 Å². The van der Waals surface area contributed by atoms with Crippen LogP contribution in [0.4, 0.5) is 4.39 Å². The highest BCUT2D eigenvalue weighted by Gasteiger charge is 2.08. The first-order valence-electron chi connectivity index (χ1n) is 9.75. The molecule has 0 saturated heterocycles. The Morgan fingerprint density at radius 1 is 0.897 bits per heavy atom. The molecule has 0 heterocycles. The topological polar surface area (TPSA) is 26.3 Å². The van der Waals surface area contributed by atoms with Crippen molar-refractivity contribution in [3.63, 3.8) is 0 Å². The van der Waals surface area contributed by atoms with E-state index < -0.39 is 6.67 Å². The minimum atomic E-state index is -0.438. The first-order chi connectivity index (χ1) is 14.1. The van der Waals surface area contributed by atoms with Gasteiger partial charge in [-0.15, -0.1) is 0 Å². The molecular formula is C26H25FO2. The quantitative estimate of drug-likeness (QED) is 0.244. The number of hydrogen-bond donors (Lipinski definition) is 0. The Bertz CT molecular complexity index is 1010. The van der Waals surface area contributed by atoms with Crippen LogP contribution in [0.15, 0.2) is 60.7 Å². The molecule has 0 aromatic heterocycles. The van der Waals surface area contributed by atoms with Gasteiger partial charge in [0.2, 0.25) is 0 Å². The average molecular weight is 388 g/mol. The molecule has 3 aromatic carbocycles. The second-order valence-corrected chi connectivity index (χ2v) is 6.97. The van der Waals surface area contributed by atoms with E-state index in [4.69, 9.17) is 4.74 Å². The van der Waals surface area contributed by atoms with Crippen molar-refractivity contribution in [2.75, 3.05) is 13.3 Å². The molecule has 0 aliphatic rings. The van der Waals surface area contributed by atoms with Crippen LogP contribution in [0.25, 0.3) is 23.3 Å². The van der Waals surface area contributed by atoms with Crippen LogP contribution < -0.4 is 4.74 Å². The van der Waals surface area contributed by atoms with Gasteiger partial charge < -0.3 is 4.74 Å². The van der Waals surface area contributed by atoms with E-state index in [1.54, 1.807) is 0 Å². The van der Waals surface area contributed by atoms with Gasteiger partial charge in [0.05, 0.1) is 18.8 Å². The Morgan fingerprint density at radius 2 is 1.66 bits per heavy atom. The number of carbonyl (C=O) groups is 1. The monoisotopic (exact) mass is 388 g/mol. The molecule has 0 atom stereocenters. The molecule has 0 saturated carbocycles. The van der Waals surface area contributed by atoms with Crippen molar-refractivity contribution in [3.8, 4) is 16.9 Å². The van der Waals surface area contributed by atoms with Gasteiger partial charge in [0, 0.05) is 6.42 Å². The van der Waals surface area contributed by atoms with E-state index in [1.807, 2.05) is 43.3 Å². The van der Waals surface area contributed by atoms with E-state index in [2.05, 4.69) is 43.3 Å². The Morgan fingerprint density at radius 3 is 2.38 bits per heavy atom. The summed E-state index contributed by atoms with van der Waals surface area (Å²) < 4.78 is 18.0. The Balaban J connectivity index is 1.92. The van der Waals surface area contributed by atoms with Crippen LogP contribution in [0.1, 0.15) is 39.0 Å². The highest BCUT2D eigenvalue weighted by Crippen LogP contribution is 2.28. The van der Waals surface area contributed by atoms with Gasteiger partial charge in [-0.3, -0.25) is 9.18 Å². The number of carbonyl (C=O) groups excluding carboxylic acids is 1. The summed E-state index contributed by atoms with van der Waals surface area (Å²) in [6.07, 6.45) is 5.20. The molecule has 0 aliphatic carbocycles. The summed E-state index contributed by atoms with van der Waals surface area (Å²) in [5.41, 5.74) is 7.17. The average Bonchev–Trinajstić information content (AvgIpc) is 2.75. The van der Waals surface area contributed by atoms with Crippen molar-refractivity contribution in [2.24, 2.45) is 0 Å². The normalized spacial score (nSPS) is 11.0. The summed E-state index contributed by atoms with van der Waals surface area (Å²) in [6, 6.07) is 20.3. The molecule has 0 unspecified atom stereocenters. The molecule has 148 valence electrons. The van der Waals surface area contributed by atoms with Gasteiger partial charge in [0.1, 0.15) is 5.75 Å². The molecule has 0 amide bonds. The van der Waals surface area contributed by atoms with E-state index in [-0.39, 0.29) is 6.61 Å². The zero-order chi connectivity index (χ0) is 20.6. The second kappa shape index (κ2) is 9.83. The number of aryl methyl sites for hydroxylation is 1. The molecule has 0 radical (unpaired) electrons. The Kier molecular flexibility index (Phi) is 6.96. The standard InChI is InChI=1S/C26H25FO2/c1-19-16-24(18-28)26(29-15-7-14-27)17-23(19)13-12-21-10-6-11-25(20(21)2)22-8-4-3-5-9-22/h3-6,8-13,16-18H,7,14-15H2,1-2H3/b13-12+. The molecule has 3 aromatic rings. The van der Waals surface area contributed by atoms with Crippen LogP contribution in [-0.4, -0.2) is 19.6 Å². The fourth-order valence-electron chi connectivity index (χ4n) is 3.30. The van der Waals surface area contributed by atoms with Crippen molar-refractivity contribution in [3.05, 3.63) is 88.5 Å². The highest BCUT2D eigenvalue weighted by atomic mass is 19.1. The zero-order valence-corrected chi connectivity index (χ0v) is 16.8. The van der Waals surface area contributed by atoms with Gasteiger partial charge in [-0.05, 0) is 59.4 Å². The molecule has 3 rings (SSSR count). The predicted octanol–water partition coefficient (Wildman–Crippen LogP) is 6.69. The Labute approximate surface area is 171 Å². The van der Waals surface area contributed by atoms with Crippen LogP contribution in [-0.2, 0) is 0 Å². The maximum atomic E-state index is 12.4. The zero-order valence-electron chi connectivity index (χ0n) is 16.8. The number of rotatable bonds is 8. The van der Waals surface area contributed by atoms with Crippen LogP contribution in [0.5, 0.6) is 5.75 Å². The molecule has 0 bridgehead atoms. The first kappa shape index (κ1) is 20.5. The van der Waals surface area contributed by atoms with Crippen LogP contribution in [0, 0.1) is 13.8 Å². The maximum absolute atomic E-state index is 12.4. The lowest BCUT2D eigenvalue weighted by Crippen LogP contribution is -2.02. The van der Waals surface area contributed by atoms with Crippen molar-refractivity contribution in [1.82, 2.24) is 0 Å². The molecule has 0 fully saturated rings. The lowest BCUT2D eigenvalue weighted by molar-refractivity contribution is 0.111. The number of aldehydes is 1. The highest BCUT2D eigenvalue weighted by molar-refractivity contribution is 5.83. The molecular weight excluding hydrogens is 363 g/mol. The van der Waals surface area contributed by atoms with Gasteiger partial charge >= 0.3 is 0 Å². The fourth-order valence-corrected chi connectivity index (χ4v) is 3.30. The van der Waals surface area contributed by atoms with Crippen molar-refractivity contribution < 1.29 is 13.9 Å². The molecule has 3 heteroatoms. The summed E-state index contributed by atoms with van der Waals surface area (Å²) in [4.78, 5) is 11.3. The van der Waals surface area contributed by atoms with Crippen molar-refractivity contribution in [2.45, 2.75) is 20.3 Å². The largest absolute Gasteiger partial charge is 0.493 e. The predicted molar refractivity (Wildman–Crippen MR) is 118 cm³/mol. The number of halogens is 1. The molecule has 0 spiro atoms. The first-order valence-corrected chi connectivity index (χ1v) is 9.75. The molecule has 0 N–H and O–H groups in total. The fraction of sp³-hybridized carbons (Fsp3) is 0.192. The molecule has 0 aliphatic heterocycles. The summed E-state index contributed by atoms with van der Waals surface area (Å²) in [5, 5.41) is 0. The van der Waals surface area contributed by atoms with Gasteiger partial charge in [0.15, 0.2) is 6.29 Å². The number of hydrogen-bond acceptors (Lipinski definition) is 2. The number of benzene rings is 3. The minimum absolute atomic E-state index is 0.252. The van der Waals surface area contributed by atoms with Crippen LogP contribution >= 0.6 is 0 Å². The van der Waals surface area contributed by atoms with Crippen LogP contribution in [0.2, 0.25) is 0 Å². The lowest BCUT2D eigenvalue weighted by atomic mass is 9.95. The summed E-state index contributed by atoms with van der Waals surface area (Å²) >= 11 is 0. The van der Waals surface area contributed by atoms with E-state index in [9.17, 15) is 9.18 Å².